The Kier molecular flexibility index (Phi) is 4.38. The van der Waals surface area contributed by atoms with Gasteiger partial charge in [0.25, 0.3) is 5.91 Å². The summed E-state index contributed by atoms with van der Waals surface area (Å²) >= 11 is 5.97. The summed E-state index contributed by atoms with van der Waals surface area (Å²) in [4.78, 5) is 23.0. The topological polar surface area (TPSA) is 55.4 Å². The van der Waals surface area contributed by atoms with E-state index in [0.717, 1.165) is 0 Å². The van der Waals surface area contributed by atoms with Gasteiger partial charge in [-0.05, 0) is 30.3 Å². The molecule has 0 atom stereocenters. The molecule has 0 aliphatic rings. The highest BCUT2D eigenvalue weighted by atomic mass is 35.5. The third-order valence-corrected chi connectivity index (χ3v) is 3.06. The number of carbonyl (C=O) groups excluding carboxylic acids is 2. The van der Waals surface area contributed by atoms with E-state index in [-0.39, 0.29) is 5.91 Å². The van der Waals surface area contributed by atoms with Gasteiger partial charge in [-0.2, -0.15) is 0 Å². The number of halogens is 1. The predicted octanol–water partition coefficient (Wildman–Crippen LogP) is 3.41. The number of anilines is 1. The average molecular weight is 290 g/mol. The number of benzene rings is 2. The number of ether oxygens (including phenoxy) is 1. The highest BCUT2D eigenvalue weighted by molar-refractivity contribution is 6.34. The van der Waals surface area contributed by atoms with E-state index in [1.165, 1.54) is 7.11 Å². The number of rotatable bonds is 4. The lowest BCUT2D eigenvalue weighted by molar-refractivity contribution is 0.102. The Labute approximate surface area is 121 Å². The number of hydrogen-bond donors (Lipinski definition) is 1. The lowest BCUT2D eigenvalue weighted by Crippen LogP contribution is -2.13. The van der Waals surface area contributed by atoms with Gasteiger partial charge in [0.1, 0.15) is 12.0 Å². The van der Waals surface area contributed by atoms with Crippen molar-refractivity contribution in [1.82, 2.24) is 0 Å². The molecule has 0 spiro atoms. The molecule has 4 nitrogen and oxygen atoms in total. The van der Waals surface area contributed by atoms with Crippen LogP contribution in [0.1, 0.15) is 20.7 Å². The van der Waals surface area contributed by atoms with Crippen LogP contribution in [0.15, 0.2) is 42.5 Å². The molecule has 2 rings (SSSR count). The Hall–Kier alpha value is -2.33. The van der Waals surface area contributed by atoms with Gasteiger partial charge in [0.15, 0.2) is 0 Å². The number of methoxy groups -OCH3 is 1. The lowest BCUT2D eigenvalue weighted by atomic mass is 10.1. The molecule has 0 aliphatic heterocycles. The Balaban J connectivity index is 2.32. The standard InChI is InChI=1S/C15H12ClNO3/c1-20-14-7-6-10(9-18)8-13(14)17-15(19)11-4-2-3-5-12(11)16/h2-9H,1H3,(H,17,19). The first-order valence-corrected chi connectivity index (χ1v) is 6.22. The first-order valence-electron chi connectivity index (χ1n) is 5.85. The van der Waals surface area contributed by atoms with Crippen molar-refractivity contribution in [3.63, 3.8) is 0 Å². The summed E-state index contributed by atoms with van der Waals surface area (Å²) in [6.45, 7) is 0. The fourth-order valence-corrected chi connectivity index (χ4v) is 1.95. The van der Waals surface area contributed by atoms with E-state index < -0.39 is 0 Å². The van der Waals surface area contributed by atoms with Gasteiger partial charge in [-0.15, -0.1) is 0 Å². The van der Waals surface area contributed by atoms with Gasteiger partial charge in [-0.3, -0.25) is 9.59 Å². The van der Waals surface area contributed by atoms with Crippen LogP contribution in [0, 0.1) is 0 Å². The molecule has 20 heavy (non-hydrogen) atoms. The first kappa shape index (κ1) is 14.1. The van der Waals surface area contributed by atoms with Gasteiger partial charge in [0, 0.05) is 5.56 Å². The number of nitrogens with one attached hydrogen (secondary N) is 1. The quantitative estimate of drug-likeness (QED) is 0.878. The van der Waals surface area contributed by atoms with Gasteiger partial charge in [0.05, 0.1) is 23.4 Å². The van der Waals surface area contributed by atoms with Crippen LogP contribution in [-0.4, -0.2) is 19.3 Å². The van der Waals surface area contributed by atoms with Gasteiger partial charge in [-0.25, -0.2) is 0 Å². The Morgan fingerprint density at radius 1 is 1.25 bits per heavy atom. The normalized spacial score (nSPS) is 9.90. The third kappa shape index (κ3) is 2.97. The molecule has 1 N–H and O–H groups in total. The minimum Gasteiger partial charge on any atom is -0.495 e. The molecular formula is C15H12ClNO3. The number of aldehydes is 1. The zero-order chi connectivity index (χ0) is 14.5. The van der Waals surface area contributed by atoms with E-state index in [0.29, 0.717) is 33.9 Å². The second-order valence-corrected chi connectivity index (χ2v) is 4.42. The first-order chi connectivity index (χ1) is 9.65. The SMILES string of the molecule is COc1ccc(C=O)cc1NC(=O)c1ccccc1Cl. The number of amides is 1. The van der Waals surface area contributed by atoms with Gasteiger partial charge >= 0.3 is 0 Å². The fraction of sp³-hybridized carbons (Fsp3) is 0.0667. The summed E-state index contributed by atoms with van der Waals surface area (Å²) in [7, 11) is 1.49. The number of hydrogen-bond acceptors (Lipinski definition) is 3. The number of carbonyl (C=O) groups is 2. The van der Waals surface area contributed by atoms with E-state index in [4.69, 9.17) is 16.3 Å². The molecule has 0 saturated carbocycles. The Bertz CT molecular complexity index is 655. The maximum absolute atomic E-state index is 12.2. The minimum absolute atomic E-state index is 0.354. The zero-order valence-corrected chi connectivity index (χ0v) is 11.5. The van der Waals surface area contributed by atoms with Crippen molar-refractivity contribution in [3.8, 4) is 5.75 Å². The fourth-order valence-electron chi connectivity index (χ4n) is 1.73. The highest BCUT2D eigenvalue weighted by Gasteiger charge is 2.12. The summed E-state index contributed by atoms with van der Waals surface area (Å²) < 4.78 is 5.15. The molecule has 0 radical (unpaired) electrons. The smallest absolute Gasteiger partial charge is 0.257 e. The summed E-state index contributed by atoms with van der Waals surface area (Å²) in [6, 6.07) is 11.5. The molecule has 1 amide bonds. The molecular weight excluding hydrogens is 278 g/mol. The molecule has 2 aromatic carbocycles. The van der Waals surface area contributed by atoms with Crippen molar-refractivity contribution in [2.45, 2.75) is 0 Å². The Morgan fingerprint density at radius 2 is 2.00 bits per heavy atom. The van der Waals surface area contributed by atoms with Crippen LogP contribution in [0.3, 0.4) is 0 Å². The molecule has 0 unspecified atom stereocenters. The van der Waals surface area contributed by atoms with E-state index >= 15 is 0 Å². The summed E-state index contributed by atoms with van der Waals surface area (Å²) in [6.07, 6.45) is 0.699. The van der Waals surface area contributed by atoms with Crippen LogP contribution in [0.25, 0.3) is 0 Å². The monoisotopic (exact) mass is 289 g/mol. The molecule has 0 aromatic heterocycles. The van der Waals surface area contributed by atoms with Crippen molar-refractivity contribution in [1.29, 1.82) is 0 Å². The highest BCUT2D eigenvalue weighted by Crippen LogP contribution is 2.26. The van der Waals surface area contributed by atoms with Crippen LogP contribution in [-0.2, 0) is 0 Å². The van der Waals surface area contributed by atoms with E-state index in [9.17, 15) is 9.59 Å². The van der Waals surface area contributed by atoms with Crippen molar-refractivity contribution < 1.29 is 14.3 Å². The molecule has 0 saturated heterocycles. The molecule has 0 aliphatic carbocycles. The maximum Gasteiger partial charge on any atom is 0.257 e. The second kappa shape index (κ2) is 6.21. The minimum atomic E-state index is -0.364. The second-order valence-electron chi connectivity index (χ2n) is 4.01. The molecule has 5 heteroatoms. The molecule has 2 aromatic rings. The van der Waals surface area contributed by atoms with Crippen LogP contribution >= 0.6 is 11.6 Å². The third-order valence-electron chi connectivity index (χ3n) is 2.73. The van der Waals surface area contributed by atoms with Crippen LogP contribution in [0.5, 0.6) is 5.75 Å². The zero-order valence-electron chi connectivity index (χ0n) is 10.7. The van der Waals surface area contributed by atoms with Crippen LogP contribution < -0.4 is 10.1 Å². The van der Waals surface area contributed by atoms with Crippen molar-refractivity contribution in [2.75, 3.05) is 12.4 Å². The van der Waals surface area contributed by atoms with Gasteiger partial charge in [0.2, 0.25) is 0 Å². The van der Waals surface area contributed by atoms with E-state index in [1.807, 2.05) is 0 Å². The summed E-state index contributed by atoms with van der Waals surface area (Å²) in [5.41, 5.74) is 1.22. The van der Waals surface area contributed by atoms with Crippen molar-refractivity contribution in [2.24, 2.45) is 0 Å². The van der Waals surface area contributed by atoms with Gasteiger partial charge < -0.3 is 10.1 Å². The molecule has 102 valence electrons. The molecule has 0 fully saturated rings. The van der Waals surface area contributed by atoms with Gasteiger partial charge in [-0.1, -0.05) is 23.7 Å². The average Bonchev–Trinajstić information content (AvgIpc) is 2.47. The molecule has 0 bridgehead atoms. The summed E-state index contributed by atoms with van der Waals surface area (Å²) in [5.74, 6) is 0.105. The summed E-state index contributed by atoms with van der Waals surface area (Å²) in [5, 5.41) is 3.04. The Morgan fingerprint density at radius 3 is 2.65 bits per heavy atom. The maximum atomic E-state index is 12.2. The lowest BCUT2D eigenvalue weighted by Gasteiger charge is -2.11. The predicted molar refractivity (Wildman–Crippen MR) is 77.8 cm³/mol. The van der Waals surface area contributed by atoms with E-state index in [2.05, 4.69) is 5.32 Å². The van der Waals surface area contributed by atoms with E-state index in [1.54, 1.807) is 42.5 Å². The van der Waals surface area contributed by atoms with Crippen LogP contribution in [0.2, 0.25) is 5.02 Å². The molecule has 0 heterocycles. The van der Waals surface area contributed by atoms with Crippen molar-refractivity contribution in [3.05, 3.63) is 58.6 Å². The van der Waals surface area contributed by atoms with Crippen molar-refractivity contribution >= 4 is 29.5 Å². The largest absolute Gasteiger partial charge is 0.495 e. The van der Waals surface area contributed by atoms with Crippen LogP contribution in [0.4, 0.5) is 5.69 Å².